The van der Waals surface area contributed by atoms with E-state index in [2.05, 4.69) is 27.6 Å². The minimum Gasteiger partial charge on any atom is -0.446 e. The van der Waals surface area contributed by atoms with Crippen molar-refractivity contribution in [3.05, 3.63) is 0 Å². The largest absolute Gasteiger partial charge is 0.446 e. The van der Waals surface area contributed by atoms with Gasteiger partial charge in [0.1, 0.15) is 6.10 Å². The lowest BCUT2D eigenvalue weighted by molar-refractivity contribution is -0.143. The SMILES string of the molecule is CC(=O)N1C2CCC(C3CNN(C4CC4)C3)CC2N(C(=O)OC2CCCC3(CCCCN3)C2)C[C@@H]1C. The predicted octanol–water partition coefficient (Wildman–Crippen LogP) is 3.27. The number of nitrogens with zero attached hydrogens (tertiary/aromatic N) is 3. The van der Waals surface area contributed by atoms with E-state index < -0.39 is 0 Å². The molecule has 2 N–H and O–H groups in total. The van der Waals surface area contributed by atoms with Gasteiger partial charge in [0.05, 0.1) is 12.1 Å². The van der Waals surface area contributed by atoms with Crippen LogP contribution in [0.2, 0.25) is 0 Å². The van der Waals surface area contributed by atoms with Crippen molar-refractivity contribution in [1.82, 2.24) is 25.6 Å². The van der Waals surface area contributed by atoms with Gasteiger partial charge < -0.3 is 19.9 Å². The zero-order valence-corrected chi connectivity index (χ0v) is 22.4. The smallest absolute Gasteiger partial charge is 0.410 e. The number of nitrogens with one attached hydrogen (secondary N) is 2. The lowest BCUT2D eigenvalue weighted by Crippen LogP contribution is -2.67. The van der Waals surface area contributed by atoms with Crippen LogP contribution in [0.1, 0.15) is 90.9 Å². The summed E-state index contributed by atoms with van der Waals surface area (Å²) >= 11 is 0. The summed E-state index contributed by atoms with van der Waals surface area (Å²) in [5.41, 5.74) is 3.82. The first-order valence-corrected chi connectivity index (χ1v) is 14.9. The average molecular weight is 502 g/mol. The average Bonchev–Trinajstić information content (AvgIpc) is 3.60. The lowest BCUT2D eigenvalue weighted by atomic mass is 9.73. The van der Waals surface area contributed by atoms with Gasteiger partial charge in [-0.15, -0.1) is 0 Å². The first kappa shape index (κ1) is 24.9. The van der Waals surface area contributed by atoms with Gasteiger partial charge in [-0.1, -0.05) is 6.42 Å². The minimum absolute atomic E-state index is 0.00182. The summed E-state index contributed by atoms with van der Waals surface area (Å²) < 4.78 is 6.29. The van der Waals surface area contributed by atoms with Crippen molar-refractivity contribution >= 4 is 12.0 Å². The summed E-state index contributed by atoms with van der Waals surface area (Å²) in [6.45, 7) is 7.64. The van der Waals surface area contributed by atoms with Crippen LogP contribution in [-0.2, 0) is 9.53 Å². The molecule has 0 bridgehead atoms. The van der Waals surface area contributed by atoms with E-state index in [1.165, 1.54) is 38.5 Å². The van der Waals surface area contributed by atoms with Crippen LogP contribution < -0.4 is 10.7 Å². The van der Waals surface area contributed by atoms with E-state index in [4.69, 9.17) is 4.74 Å². The van der Waals surface area contributed by atoms with E-state index in [9.17, 15) is 9.59 Å². The van der Waals surface area contributed by atoms with Crippen molar-refractivity contribution in [3.63, 3.8) is 0 Å². The molecule has 6 fully saturated rings. The number of ether oxygens (including phenoxy) is 1. The molecule has 36 heavy (non-hydrogen) atoms. The van der Waals surface area contributed by atoms with Crippen LogP contribution >= 0.6 is 0 Å². The van der Waals surface area contributed by atoms with Gasteiger partial charge in [0.2, 0.25) is 5.91 Å². The van der Waals surface area contributed by atoms with Gasteiger partial charge >= 0.3 is 6.09 Å². The van der Waals surface area contributed by atoms with Crippen LogP contribution in [0.3, 0.4) is 0 Å². The number of carbonyl (C=O) groups excluding carboxylic acids is 2. The standard InChI is InChI=1S/C28H47N5O3/c1-19-17-31(27(35)36-24-6-5-12-28(15-24)11-3-4-13-29-28)26-14-21(7-10-25(26)33(19)20(2)34)22-16-30-32(18-22)23-8-9-23/h19,21-26,29-30H,3-18H2,1-2H3/t19-,21?,22?,24?,25?,26?,28?/m0/s1. The Kier molecular flexibility index (Phi) is 6.97. The summed E-state index contributed by atoms with van der Waals surface area (Å²) in [6.07, 6.45) is 13.6. The molecule has 3 saturated carbocycles. The van der Waals surface area contributed by atoms with Gasteiger partial charge in [-0.2, -0.15) is 0 Å². The Labute approximate surface area is 216 Å². The second-order valence-electron chi connectivity index (χ2n) is 12.9. The third kappa shape index (κ3) is 4.90. The second kappa shape index (κ2) is 10.1. The highest BCUT2D eigenvalue weighted by Crippen LogP contribution is 2.42. The van der Waals surface area contributed by atoms with Crippen LogP contribution in [0.15, 0.2) is 0 Å². The summed E-state index contributed by atoms with van der Waals surface area (Å²) in [4.78, 5) is 30.5. The van der Waals surface area contributed by atoms with Crippen LogP contribution in [0.5, 0.6) is 0 Å². The van der Waals surface area contributed by atoms with E-state index in [0.29, 0.717) is 18.4 Å². The summed E-state index contributed by atoms with van der Waals surface area (Å²) in [5, 5.41) is 6.25. The van der Waals surface area contributed by atoms with Crippen LogP contribution in [0.4, 0.5) is 4.79 Å². The molecule has 3 aliphatic heterocycles. The topological polar surface area (TPSA) is 77.2 Å². The molecule has 3 saturated heterocycles. The Balaban J connectivity index is 1.15. The molecule has 6 rings (SSSR count). The number of hydrogen-bond acceptors (Lipinski definition) is 6. The maximum absolute atomic E-state index is 13.8. The maximum Gasteiger partial charge on any atom is 0.410 e. The Morgan fingerprint density at radius 2 is 1.78 bits per heavy atom. The van der Waals surface area contributed by atoms with Crippen LogP contribution in [-0.4, -0.2) is 88.8 Å². The van der Waals surface area contributed by atoms with E-state index in [1.807, 2.05) is 4.90 Å². The number of hydrogen-bond donors (Lipinski definition) is 2. The highest BCUT2D eigenvalue weighted by Gasteiger charge is 2.49. The molecule has 7 atom stereocenters. The van der Waals surface area contributed by atoms with Crippen LogP contribution in [0, 0.1) is 11.8 Å². The molecule has 0 aromatic rings. The molecular weight excluding hydrogens is 454 g/mol. The fourth-order valence-electron chi connectivity index (χ4n) is 8.47. The Bertz CT molecular complexity index is 822. The van der Waals surface area contributed by atoms with Gasteiger partial charge in [-0.05, 0) is 89.5 Å². The Hall–Kier alpha value is -1.38. The molecule has 8 heteroatoms. The van der Waals surface area contributed by atoms with Crippen molar-refractivity contribution in [1.29, 1.82) is 0 Å². The zero-order valence-electron chi connectivity index (χ0n) is 22.4. The molecule has 1 spiro atoms. The van der Waals surface area contributed by atoms with Crippen molar-refractivity contribution in [2.24, 2.45) is 11.8 Å². The molecule has 6 aliphatic rings. The minimum atomic E-state index is -0.136. The summed E-state index contributed by atoms with van der Waals surface area (Å²) in [7, 11) is 0. The van der Waals surface area contributed by atoms with E-state index in [-0.39, 0.29) is 41.8 Å². The maximum atomic E-state index is 13.8. The third-order valence-electron chi connectivity index (χ3n) is 10.4. The number of carbonyl (C=O) groups is 2. The molecule has 202 valence electrons. The molecule has 8 nitrogen and oxygen atoms in total. The van der Waals surface area contributed by atoms with Crippen molar-refractivity contribution in [2.45, 2.75) is 127 Å². The first-order chi connectivity index (χ1) is 17.4. The zero-order chi connectivity index (χ0) is 24.9. The van der Waals surface area contributed by atoms with Gasteiger partial charge in [0, 0.05) is 50.6 Å². The number of piperazine rings is 1. The van der Waals surface area contributed by atoms with Gasteiger partial charge in [-0.25, -0.2) is 9.80 Å². The summed E-state index contributed by atoms with van der Waals surface area (Å²) in [6, 6.07) is 0.946. The number of rotatable bonds is 3. The highest BCUT2D eigenvalue weighted by molar-refractivity contribution is 5.75. The predicted molar refractivity (Wildman–Crippen MR) is 138 cm³/mol. The number of piperidine rings is 1. The quantitative estimate of drug-likeness (QED) is 0.618. The number of fused-ring (bicyclic) bond motifs is 1. The van der Waals surface area contributed by atoms with Crippen molar-refractivity contribution in [3.8, 4) is 0 Å². The fourth-order valence-corrected chi connectivity index (χ4v) is 8.47. The summed E-state index contributed by atoms with van der Waals surface area (Å²) in [5.74, 6) is 1.36. The lowest BCUT2D eigenvalue weighted by Gasteiger charge is -2.54. The second-order valence-corrected chi connectivity index (χ2v) is 12.9. The van der Waals surface area contributed by atoms with Crippen molar-refractivity contribution < 1.29 is 14.3 Å². The van der Waals surface area contributed by atoms with E-state index in [0.717, 1.165) is 64.2 Å². The van der Waals surface area contributed by atoms with Gasteiger partial charge in [0.25, 0.3) is 0 Å². The first-order valence-electron chi connectivity index (χ1n) is 14.9. The monoisotopic (exact) mass is 501 g/mol. The molecule has 2 amide bonds. The van der Waals surface area contributed by atoms with Gasteiger partial charge in [0.15, 0.2) is 0 Å². The van der Waals surface area contributed by atoms with Crippen molar-refractivity contribution in [2.75, 3.05) is 26.2 Å². The van der Waals surface area contributed by atoms with E-state index >= 15 is 0 Å². The Morgan fingerprint density at radius 1 is 0.944 bits per heavy atom. The highest BCUT2D eigenvalue weighted by atomic mass is 16.6. The third-order valence-corrected chi connectivity index (χ3v) is 10.4. The molecule has 3 heterocycles. The molecular formula is C28H47N5O3. The Morgan fingerprint density at radius 3 is 2.53 bits per heavy atom. The molecule has 0 aromatic heterocycles. The molecule has 3 aliphatic carbocycles. The van der Waals surface area contributed by atoms with Gasteiger partial charge in [-0.3, -0.25) is 10.2 Å². The number of amides is 2. The van der Waals surface area contributed by atoms with E-state index in [1.54, 1.807) is 6.92 Å². The number of hydrazine groups is 1. The molecule has 0 aromatic carbocycles. The normalized spacial score (nSPS) is 41.8. The fraction of sp³-hybridized carbons (Fsp3) is 0.929. The molecule has 6 unspecified atom stereocenters. The van der Waals surface area contributed by atoms with Crippen LogP contribution in [0.25, 0.3) is 0 Å². The molecule has 0 radical (unpaired) electrons.